The van der Waals surface area contributed by atoms with Crippen molar-refractivity contribution in [2.75, 3.05) is 5.73 Å². The standard InChI is InChI=1S/C13H13N3OS/c14-11-4-1-10(2-5-11)3-6-13(17)16-8-12-7-15-9-18-12/h1-7,9H,8,14H2,(H,16,17)/b6-3+. The van der Waals surface area contributed by atoms with E-state index in [-0.39, 0.29) is 5.91 Å². The monoisotopic (exact) mass is 259 g/mol. The maximum atomic E-state index is 11.5. The molecule has 0 radical (unpaired) electrons. The van der Waals surface area contributed by atoms with Gasteiger partial charge < -0.3 is 11.1 Å². The Morgan fingerprint density at radius 1 is 1.39 bits per heavy atom. The van der Waals surface area contributed by atoms with Crippen molar-refractivity contribution in [3.8, 4) is 0 Å². The number of aromatic nitrogens is 1. The molecule has 1 aromatic heterocycles. The number of amides is 1. The summed E-state index contributed by atoms with van der Waals surface area (Å²) in [5, 5.41) is 2.79. The first-order chi connectivity index (χ1) is 8.74. The molecule has 3 N–H and O–H groups in total. The Hall–Kier alpha value is -2.14. The van der Waals surface area contributed by atoms with E-state index in [1.165, 1.54) is 17.4 Å². The van der Waals surface area contributed by atoms with Gasteiger partial charge in [-0.3, -0.25) is 9.78 Å². The molecule has 0 aliphatic heterocycles. The highest BCUT2D eigenvalue weighted by molar-refractivity contribution is 7.09. The van der Waals surface area contributed by atoms with Gasteiger partial charge in [0.2, 0.25) is 5.91 Å². The van der Waals surface area contributed by atoms with E-state index in [1.54, 1.807) is 29.9 Å². The van der Waals surface area contributed by atoms with Crippen LogP contribution in [0, 0.1) is 0 Å². The van der Waals surface area contributed by atoms with E-state index in [9.17, 15) is 4.79 Å². The molecular formula is C13H13N3OS. The number of nitrogens with two attached hydrogens (primary N) is 1. The lowest BCUT2D eigenvalue weighted by molar-refractivity contribution is -0.116. The quantitative estimate of drug-likeness (QED) is 0.652. The second kappa shape index (κ2) is 5.97. The summed E-state index contributed by atoms with van der Waals surface area (Å²) in [5.74, 6) is -0.125. The van der Waals surface area contributed by atoms with Crippen molar-refractivity contribution in [2.24, 2.45) is 0 Å². The van der Waals surface area contributed by atoms with Gasteiger partial charge in [-0.15, -0.1) is 11.3 Å². The zero-order valence-electron chi connectivity index (χ0n) is 9.67. The van der Waals surface area contributed by atoms with Crippen LogP contribution in [0.25, 0.3) is 6.08 Å². The fourth-order valence-corrected chi connectivity index (χ4v) is 1.88. The van der Waals surface area contributed by atoms with E-state index in [4.69, 9.17) is 5.73 Å². The molecule has 0 fully saturated rings. The van der Waals surface area contributed by atoms with E-state index in [1.807, 2.05) is 12.1 Å². The number of carbonyl (C=O) groups excluding carboxylic acids is 1. The highest BCUT2D eigenvalue weighted by Crippen LogP contribution is 2.07. The lowest BCUT2D eigenvalue weighted by Crippen LogP contribution is -2.19. The van der Waals surface area contributed by atoms with Gasteiger partial charge in [0.15, 0.2) is 0 Å². The predicted molar refractivity (Wildman–Crippen MR) is 73.8 cm³/mol. The smallest absolute Gasteiger partial charge is 0.244 e. The van der Waals surface area contributed by atoms with Crippen molar-refractivity contribution in [1.82, 2.24) is 10.3 Å². The lowest BCUT2D eigenvalue weighted by atomic mass is 10.2. The summed E-state index contributed by atoms with van der Waals surface area (Å²) < 4.78 is 0. The minimum atomic E-state index is -0.125. The first-order valence-electron chi connectivity index (χ1n) is 5.43. The van der Waals surface area contributed by atoms with E-state index in [0.29, 0.717) is 12.2 Å². The van der Waals surface area contributed by atoms with Crippen molar-refractivity contribution in [1.29, 1.82) is 0 Å². The zero-order chi connectivity index (χ0) is 12.8. The zero-order valence-corrected chi connectivity index (χ0v) is 10.5. The highest BCUT2D eigenvalue weighted by atomic mass is 32.1. The molecule has 0 spiro atoms. The van der Waals surface area contributed by atoms with Crippen LogP contribution in [0.3, 0.4) is 0 Å². The van der Waals surface area contributed by atoms with Gasteiger partial charge in [-0.25, -0.2) is 0 Å². The Bertz CT molecular complexity index is 532. The molecule has 0 unspecified atom stereocenters. The Kier molecular flexibility index (Phi) is 4.09. The first kappa shape index (κ1) is 12.3. The van der Waals surface area contributed by atoms with Crippen LogP contribution in [0.4, 0.5) is 5.69 Å². The van der Waals surface area contributed by atoms with Crippen LogP contribution >= 0.6 is 11.3 Å². The number of hydrogen-bond donors (Lipinski definition) is 2. The van der Waals surface area contributed by atoms with Crippen molar-refractivity contribution in [3.05, 3.63) is 52.5 Å². The maximum absolute atomic E-state index is 11.5. The van der Waals surface area contributed by atoms with Gasteiger partial charge in [-0.1, -0.05) is 12.1 Å². The summed E-state index contributed by atoms with van der Waals surface area (Å²) >= 11 is 1.52. The molecule has 0 saturated heterocycles. The van der Waals surface area contributed by atoms with Gasteiger partial charge in [0.1, 0.15) is 0 Å². The average molecular weight is 259 g/mol. The minimum Gasteiger partial charge on any atom is -0.399 e. The number of rotatable bonds is 4. The largest absolute Gasteiger partial charge is 0.399 e. The number of carbonyl (C=O) groups is 1. The Morgan fingerprint density at radius 2 is 2.17 bits per heavy atom. The molecule has 4 nitrogen and oxygen atoms in total. The van der Waals surface area contributed by atoms with Gasteiger partial charge in [0.05, 0.1) is 12.1 Å². The third-order valence-electron chi connectivity index (χ3n) is 2.28. The summed E-state index contributed by atoms with van der Waals surface area (Å²) in [7, 11) is 0. The second-order valence-corrected chi connectivity index (χ2v) is 4.66. The fraction of sp³-hybridized carbons (Fsp3) is 0.0769. The number of benzene rings is 1. The van der Waals surface area contributed by atoms with Gasteiger partial charge in [-0.2, -0.15) is 0 Å². The molecule has 92 valence electrons. The summed E-state index contributed by atoms with van der Waals surface area (Å²) in [5.41, 5.74) is 8.97. The molecule has 0 aliphatic carbocycles. The van der Waals surface area contributed by atoms with Gasteiger partial charge >= 0.3 is 0 Å². The molecule has 1 aromatic carbocycles. The maximum Gasteiger partial charge on any atom is 0.244 e. The van der Waals surface area contributed by atoms with Gasteiger partial charge in [-0.05, 0) is 23.8 Å². The number of thiazole rings is 1. The van der Waals surface area contributed by atoms with Crippen LogP contribution in [0.1, 0.15) is 10.4 Å². The van der Waals surface area contributed by atoms with Gasteiger partial charge in [0.25, 0.3) is 0 Å². The van der Waals surface area contributed by atoms with Crippen molar-refractivity contribution >= 4 is 29.0 Å². The van der Waals surface area contributed by atoms with Crippen LogP contribution in [0.15, 0.2) is 42.0 Å². The molecule has 5 heteroatoms. The topological polar surface area (TPSA) is 68.0 Å². The molecule has 1 amide bonds. The van der Waals surface area contributed by atoms with Crippen molar-refractivity contribution < 1.29 is 4.79 Å². The molecule has 0 aliphatic rings. The van der Waals surface area contributed by atoms with E-state index < -0.39 is 0 Å². The third kappa shape index (κ3) is 3.71. The lowest BCUT2D eigenvalue weighted by Gasteiger charge is -1.98. The van der Waals surface area contributed by atoms with E-state index in [0.717, 1.165) is 10.4 Å². The molecule has 2 aromatic rings. The molecule has 0 bridgehead atoms. The van der Waals surface area contributed by atoms with Gasteiger partial charge in [0, 0.05) is 22.8 Å². The minimum absolute atomic E-state index is 0.125. The van der Waals surface area contributed by atoms with Crippen molar-refractivity contribution in [2.45, 2.75) is 6.54 Å². The number of nitrogen functional groups attached to an aromatic ring is 1. The van der Waals surface area contributed by atoms with Crippen LogP contribution < -0.4 is 11.1 Å². The van der Waals surface area contributed by atoms with E-state index in [2.05, 4.69) is 10.3 Å². The summed E-state index contributed by atoms with van der Waals surface area (Å²) in [4.78, 5) is 16.5. The van der Waals surface area contributed by atoms with Crippen LogP contribution in [0.5, 0.6) is 0 Å². The molecule has 0 saturated carbocycles. The molecule has 2 rings (SSSR count). The summed E-state index contributed by atoms with van der Waals surface area (Å²) in [6.07, 6.45) is 5.00. The summed E-state index contributed by atoms with van der Waals surface area (Å²) in [6.45, 7) is 0.510. The summed E-state index contributed by atoms with van der Waals surface area (Å²) in [6, 6.07) is 7.33. The average Bonchev–Trinajstić information content (AvgIpc) is 2.89. The molecule has 1 heterocycles. The number of anilines is 1. The van der Waals surface area contributed by atoms with Crippen LogP contribution in [-0.2, 0) is 11.3 Å². The highest BCUT2D eigenvalue weighted by Gasteiger charge is 1.97. The predicted octanol–water partition coefficient (Wildman–Crippen LogP) is 2.05. The normalized spacial score (nSPS) is 10.7. The Morgan fingerprint density at radius 3 is 2.83 bits per heavy atom. The number of hydrogen-bond acceptors (Lipinski definition) is 4. The first-order valence-corrected chi connectivity index (χ1v) is 6.31. The van der Waals surface area contributed by atoms with E-state index >= 15 is 0 Å². The number of nitrogens with zero attached hydrogens (tertiary/aromatic N) is 1. The third-order valence-corrected chi connectivity index (χ3v) is 3.06. The molecule has 18 heavy (non-hydrogen) atoms. The Balaban J connectivity index is 1.85. The van der Waals surface area contributed by atoms with Crippen molar-refractivity contribution in [3.63, 3.8) is 0 Å². The molecular weight excluding hydrogens is 246 g/mol. The second-order valence-electron chi connectivity index (χ2n) is 3.69. The molecule has 0 atom stereocenters. The Labute approximate surface area is 109 Å². The number of nitrogens with one attached hydrogen (secondary N) is 1. The SMILES string of the molecule is Nc1ccc(/C=C/C(=O)NCc2cncs2)cc1. The van der Waals surface area contributed by atoms with Crippen LogP contribution in [-0.4, -0.2) is 10.9 Å². The fourth-order valence-electron chi connectivity index (χ4n) is 1.34. The van der Waals surface area contributed by atoms with Crippen LogP contribution in [0.2, 0.25) is 0 Å².